The van der Waals surface area contributed by atoms with E-state index in [2.05, 4.69) is 83.1 Å². The summed E-state index contributed by atoms with van der Waals surface area (Å²) in [4.78, 5) is 26.2. The zero-order valence-electron chi connectivity index (χ0n) is 31.9. The van der Waals surface area contributed by atoms with Crippen molar-refractivity contribution in [2.45, 2.75) is 176 Å². The number of aromatic hydroxyl groups is 2. The highest BCUT2D eigenvalue weighted by Gasteiger charge is 2.30. The van der Waals surface area contributed by atoms with E-state index in [0.717, 1.165) is 46.2 Å². The third-order valence-electron chi connectivity index (χ3n) is 8.60. The minimum Gasteiger partial charge on any atom is -0.507 e. The predicted molar refractivity (Wildman–Crippen MR) is 193 cm³/mol. The molecule has 0 fully saturated rings. The Morgan fingerprint density at radius 1 is 0.553 bits per heavy atom. The number of hydrogen-bond acceptors (Lipinski definition) is 6. The Balaban J connectivity index is 2.24. The lowest BCUT2D eigenvalue weighted by atomic mass is 9.78. The number of phenolic OH excluding ortho intramolecular Hbond substituents is 2. The molecule has 2 unspecified atom stereocenters. The number of rotatable bonds is 12. The molecular weight excluding hydrogens is 588 g/mol. The van der Waals surface area contributed by atoms with Crippen molar-refractivity contribution >= 4 is 11.9 Å². The first-order chi connectivity index (χ1) is 21.4. The smallest absolute Gasteiger partial charge is 0.317 e. The van der Waals surface area contributed by atoms with Crippen LogP contribution in [-0.4, -0.2) is 34.4 Å². The molecule has 2 N–H and O–H groups in total. The van der Waals surface area contributed by atoms with E-state index in [1.54, 1.807) is 0 Å². The molecule has 2 aromatic carbocycles. The highest BCUT2D eigenvalue weighted by atomic mass is 16.6. The summed E-state index contributed by atoms with van der Waals surface area (Å²) in [5, 5.41) is 22.3. The van der Waals surface area contributed by atoms with E-state index in [9.17, 15) is 19.8 Å². The molecule has 0 aliphatic carbocycles. The zero-order chi connectivity index (χ0) is 36.1. The lowest BCUT2D eigenvalue weighted by Gasteiger charge is -2.29. The van der Waals surface area contributed by atoms with Gasteiger partial charge in [-0.1, -0.05) is 134 Å². The highest BCUT2D eigenvalue weighted by Crippen LogP contribution is 2.41. The number of ether oxygens (including phenoxy) is 2. The third-order valence-corrected chi connectivity index (χ3v) is 8.60. The van der Waals surface area contributed by atoms with Crippen LogP contribution in [0.25, 0.3) is 0 Å². The lowest BCUT2D eigenvalue weighted by molar-refractivity contribution is -0.160. The molecule has 47 heavy (non-hydrogen) atoms. The van der Waals surface area contributed by atoms with Crippen LogP contribution in [-0.2, 0) is 53.6 Å². The number of phenols is 2. The Morgan fingerprint density at radius 3 is 1.02 bits per heavy atom. The van der Waals surface area contributed by atoms with Crippen LogP contribution in [0, 0.1) is 0 Å². The monoisotopic (exact) mass is 652 g/mol. The zero-order valence-corrected chi connectivity index (χ0v) is 31.9. The molecule has 0 saturated carbocycles. The number of carbonyl (C=O) groups is 2. The van der Waals surface area contributed by atoms with Crippen molar-refractivity contribution in [1.82, 2.24) is 0 Å². The van der Waals surface area contributed by atoms with Gasteiger partial charge in [-0.25, -0.2) is 0 Å². The van der Waals surface area contributed by atoms with E-state index in [0.29, 0.717) is 37.2 Å². The fourth-order valence-corrected chi connectivity index (χ4v) is 6.06. The van der Waals surface area contributed by atoms with Gasteiger partial charge in [0.2, 0.25) is 0 Å². The molecule has 0 aromatic heterocycles. The summed E-state index contributed by atoms with van der Waals surface area (Å²) in [7, 11) is 0. The Bertz CT molecular complexity index is 1200. The summed E-state index contributed by atoms with van der Waals surface area (Å²) < 4.78 is 11.8. The number of benzene rings is 2. The molecule has 6 heteroatoms. The summed E-state index contributed by atoms with van der Waals surface area (Å²) in [6.45, 7) is 29.0. The van der Waals surface area contributed by atoms with E-state index >= 15 is 0 Å². The first-order valence-electron chi connectivity index (χ1n) is 17.5. The van der Waals surface area contributed by atoms with Crippen molar-refractivity contribution in [3.63, 3.8) is 0 Å². The summed E-state index contributed by atoms with van der Waals surface area (Å²) in [6, 6.07) is 8.07. The Kier molecular flexibility index (Phi) is 13.2. The van der Waals surface area contributed by atoms with Crippen LogP contribution in [0.2, 0.25) is 0 Å². The van der Waals surface area contributed by atoms with Crippen molar-refractivity contribution < 1.29 is 29.3 Å². The Hall–Kier alpha value is -3.02. The molecule has 0 radical (unpaired) electrons. The predicted octanol–water partition coefficient (Wildman–Crippen LogP) is 9.89. The minimum absolute atomic E-state index is 0.265. The van der Waals surface area contributed by atoms with E-state index in [1.807, 2.05) is 38.1 Å². The standard InChI is InChI=1S/C41H64O6/c1-15-17-28(19-26-21-30(38(3,4)5)36(44)31(22-26)39(6,7)8)46-34(42)25-35(43)47-29(18-16-2)20-27-23-32(40(9,10)11)37(45)33(24-27)41(12,13)14/h21-24,28-29,44-45H,15-20,25H2,1-14H3. The van der Waals surface area contributed by atoms with Crippen molar-refractivity contribution in [1.29, 1.82) is 0 Å². The lowest BCUT2D eigenvalue weighted by Crippen LogP contribution is -2.27. The Morgan fingerprint density at radius 2 is 0.809 bits per heavy atom. The molecule has 0 aliphatic heterocycles. The van der Waals surface area contributed by atoms with Crippen LogP contribution < -0.4 is 0 Å². The molecule has 0 saturated heterocycles. The van der Waals surface area contributed by atoms with Crippen LogP contribution in [0.3, 0.4) is 0 Å². The molecule has 2 atom stereocenters. The summed E-state index contributed by atoms with van der Waals surface area (Å²) in [5.41, 5.74) is 4.39. The van der Waals surface area contributed by atoms with Gasteiger partial charge in [0.1, 0.15) is 30.1 Å². The maximum Gasteiger partial charge on any atom is 0.317 e. The third kappa shape index (κ3) is 11.6. The van der Waals surface area contributed by atoms with Crippen LogP contribution in [0.4, 0.5) is 0 Å². The molecule has 0 amide bonds. The second-order valence-corrected chi connectivity index (χ2v) is 17.5. The van der Waals surface area contributed by atoms with Gasteiger partial charge in [-0.3, -0.25) is 9.59 Å². The second kappa shape index (κ2) is 15.5. The topological polar surface area (TPSA) is 93.1 Å². The van der Waals surface area contributed by atoms with E-state index in [-0.39, 0.29) is 21.7 Å². The van der Waals surface area contributed by atoms with Crippen molar-refractivity contribution in [2.75, 3.05) is 0 Å². The average molecular weight is 653 g/mol. The van der Waals surface area contributed by atoms with Crippen LogP contribution in [0.1, 0.15) is 162 Å². The van der Waals surface area contributed by atoms with Crippen LogP contribution in [0.5, 0.6) is 11.5 Å². The number of esters is 2. The van der Waals surface area contributed by atoms with Gasteiger partial charge in [0.05, 0.1) is 0 Å². The molecule has 6 nitrogen and oxygen atoms in total. The number of hydrogen-bond donors (Lipinski definition) is 2. The molecule has 2 rings (SSSR count). The highest BCUT2D eigenvalue weighted by molar-refractivity contribution is 5.91. The fraction of sp³-hybridized carbons (Fsp3) is 0.659. The normalized spacial score (nSPS) is 14.1. The SMILES string of the molecule is CCCC(Cc1cc(C(C)(C)C)c(O)c(C(C)(C)C)c1)OC(=O)CC(=O)OC(CCC)Cc1cc(C(C)(C)C)c(O)c(C(C)(C)C)c1. The largest absolute Gasteiger partial charge is 0.507 e. The molecular formula is C41H64O6. The second-order valence-electron chi connectivity index (χ2n) is 17.5. The van der Waals surface area contributed by atoms with E-state index in [1.165, 1.54) is 0 Å². The maximum atomic E-state index is 13.1. The van der Waals surface area contributed by atoms with Gasteiger partial charge in [-0.05, 0) is 67.9 Å². The summed E-state index contributed by atoms with van der Waals surface area (Å²) >= 11 is 0. The Labute approximate surface area is 285 Å². The van der Waals surface area contributed by atoms with Crippen molar-refractivity contribution in [2.24, 2.45) is 0 Å². The molecule has 0 bridgehead atoms. The van der Waals surface area contributed by atoms with Gasteiger partial charge in [0.25, 0.3) is 0 Å². The molecule has 0 heterocycles. The van der Waals surface area contributed by atoms with Gasteiger partial charge < -0.3 is 19.7 Å². The average Bonchev–Trinajstić information content (AvgIpc) is 2.87. The van der Waals surface area contributed by atoms with Crippen LogP contribution in [0.15, 0.2) is 24.3 Å². The van der Waals surface area contributed by atoms with Gasteiger partial charge >= 0.3 is 11.9 Å². The van der Waals surface area contributed by atoms with Gasteiger partial charge in [0, 0.05) is 12.8 Å². The van der Waals surface area contributed by atoms with Crippen molar-refractivity contribution in [3.05, 3.63) is 57.6 Å². The van der Waals surface area contributed by atoms with Gasteiger partial charge in [-0.15, -0.1) is 0 Å². The minimum atomic E-state index is -0.593. The quantitative estimate of drug-likeness (QED) is 0.175. The summed E-state index contributed by atoms with van der Waals surface area (Å²) in [6.07, 6.45) is 2.67. The number of carbonyl (C=O) groups excluding carboxylic acids is 2. The molecule has 264 valence electrons. The maximum absolute atomic E-state index is 13.1. The van der Waals surface area contributed by atoms with E-state index < -0.39 is 30.6 Å². The molecule has 2 aromatic rings. The van der Waals surface area contributed by atoms with Gasteiger partial charge in [0.15, 0.2) is 0 Å². The fourth-order valence-electron chi connectivity index (χ4n) is 6.06. The van der Waals surface area contributed by atoms with Crippen LogP contribution >= 0.6 is 0 Å². The first-order valence-corrected chi connectivity index (χ1v) is 17.5. The van der Waals surface area contributed by atoms with E-state index in [4.69, 9.17) is 9.47 Å². The van der Waals surface area contributed by atoms with Gasteiger partial charge in [-0.2, -0.15) is 0 Å². The first kappa shape index (κ1) is 40.2. The molecule has 0 aliphatic rings. The summed E-state index contributed by atoms with van der Waals surface area (Å²) in [5.74, 6) is -0.550. The molecule has 0 spiro atoms. The van der Waals surface area contributed by atoms with Crippen molar-refractivity contribution in [3.8, 4) is 11.5 Å².